The van der Waals surface area contributed by atoms with E-state index in [9.17, 15) is 9.90 Å². The van der Waals surface area contributed by atoms with Gasteiger partial charge in [0.2, 0.25) is 0 Å². The third kappa shape index (κ3) is 3.36. The number of benzene rings is 1. The molecule has 140 valence electrons. The molecule has 2 aliphatic rings. The predicted molar refractivity (Wildman–Crippen MR) is 106 cm³/mol. The van der Waals surface area contributed by atoms with Gasteiger partial charge in [-0.3, -0.25) is 4.79 Å². The predicted octanol–water partition coefficient (Wildman–Crippen LogP) is 4.30. The smallest absolute Gasteiger partial charge is 0.308 e. The first kappa shape index (κ1) is 19.2. The van der Waals surface area contributed by atoms with Crippen molar-refractivity contribution in [2.75, 3.05) is 0 Å². The number of aryl methyl sites for hydroxylation is 2. The van der Waals surface area contributed by atoms with Gasteiger partial charge in [0.25, 0.3) is 0 Å². The zero-order valence-corrected chi connectivity index (χ0v) is 16.6. The summed E-state index contributed by atoms with van der Waals surface area (Å²) in [5, 5.41) is 13.9. The minimum absolute atomic E-state index is 0. The average molecular weight is 394 g/mol. The molecular weight excluding hydrogens is 370 g/mol. The first-order valence-electron chi connectivity index (χ1n) is 8.96. The quantitative estimate of drug-likeness (QED) is 0.602. The Balaban J connectivity index is 0.00000196. The Morgan fingerprint density at radius 1 is 1.35 bits per heavy atom. The highest BCUT2D eigenvalue weighted by Crippen LogP contribution is 2.46. The van der Waals surface area contributed by atoms with E-state index in [4.69, 9.17) is 4.74 Å². The van der Waals surface area contributed by atoms with Gasteiger partial charge in [-0.1, -0.05) is 13.3 Å². The number of esters is 1. The van der Waals surface area contributed by atoms with Gasteiger partial charge in [0.15, 0.2) is 11.5 Å². The van der Waals surface area contributed by atoms with Crippen LogP contribution in [0.1, 0.15) is 59.1 Å². The van der Waals surface area contributed by atoms with Crippen LogP contribution in [0.5, 0.6) is 11.5 Å². The van der Waals surface area contributed by atoms with Crippen LogP contribution in [0.2, 0.25) is 0 Å². The minimum Gasteiger partial charge on any atom is -0.504 e. The summed E-state index contributed by atoms with van der Waals surface area (Å²) < 4.78 is 5.22. The van der Waals surface area contributed by atoms with E-state index < -0.39 is 5.97 Å². The molecule has 26 heavy (non-hydrogen) atoms. The van der Waals surface area contributed by atoms with Crippen LogP contribution in [-0.4, -0.2) is 17.1 Å². The van der Waals surface area contributed by atoms with Crippen LogP contribution >= 0.6 is 23.7 Å². The van der Waals surface area contributed by atoms with E-state index in [-0.39, 0.29) is 29.8 Å². The monoisotopic (exact) mass is 393 g/mol. The van der Waals surface area contributed by atoms with Crippen molar-refractivity contribution in [1.82, 2.24) is 5.32 Å². The maximum atomic E-state index is 11.3. The molecule has 0 bridgehead atoms. The van der Waals surface area contributed by atoms with E-state index in [1.54, 1.807) is 6.07 Å². The number of carbonyl (C=O) groups is 1. The van der Waals surface area contributed by atoms with Crippen LogP contribution in [0.4, 0.5) is 0 Å². The van der Waals surface area contributed by atoms with E-state index in [2.05, 4.69) is 18.3 Å². The molecule has 2 N–H and O–H groups in total. The Morgan fingerprint density at radius 3 is 2.88 bits per heavy atom. The highest BCUT2D eigenvalue weighted by Gasteiger charge is 2.37. The number of halogens is 1. The average Bonchev–Trinajstić information content (AvgIpc) is 2.98. The lowest BCUT2D eigenvalue weighted by atomic mass is 9.74. The van der Waals surface area contributed by atoms with E-state index in [1.807, 2.05) is 17.4 Å². The van der Waals surface area contributed by atoms with Gasteiger partial charge in [-0.2, -0.15) is 0 Å². The van der Waals surface area contributed by atoms with Crippen molar-refractivity contribution in [3.8, 4) is 11.5 Å². The van der Waals surface area contributed by atoms with Crippen molar-refractivity contribution in [3.05, 3.63) is 44.6 Å². The topological polar surface area (TPSA) is 58.6 Å². The molecule has 2 atom stereocenters. The maximum Gasteiger partial charge on any atom is 0.308 e. The van der Waals surface area contributed by atoms with Crippen LogP contribution in [0.15, 0.2) is 18.2 Å². The zero-order chi connectivity index (χ0) is 17.6. The molecule has 2 heterocycles. The highest BCUT2D eigenvalue weighted by molar-refractivity contribution is 7.12. The number of phenols is 1. The van der Waals surface area contributed by atoms with Crippen molar-refractivity contribution in [2.45, 2.75) is 58.0 Å². The number of aromatic hydroxyl groups is 1. The molecule has 4 rings (SSSR count). The van der Waals surface area contributed by atoms with Crippen LogP contribution < -0.4 is 10.1 Å². The second kappa shape index (κ2) is 7.59. The number of carbonyl (C=O) groups excluding carboxylic acids is 1. The van der Waals surface area contributed by atoms with Crippen molar-refractivity contribution in [2.24, 2.45) is 0 Å². The van der Waals surface area contributed by atoms with Crippen molar-refractivity contribution < 1.29 is 14.6 Å². The molecule has 0 fully saturated rings. The Kier molecular flexibility index (Phi) is 5.61. The van der Waals surface area contributed by atoms with Gasteiger partial charge >= 0.3 is 5.97 Å². The number of thiophene rings is 1. The summed E-state index contributed by atoms with van der Waals surface area (Å²) in [5.41, 5.74) is 3.75. The molecule has 1 aromatic heterocycles. The summed E-state index contributed by atoms with van der Waals surface area (Å²) in [4.78, 5) is 14.2. The summed E-state index contributed by atoms with van der Waals surface area (Å²) in [6, 6.07) is 6.42. The Morgan fingerprint density at radius 2 is 2.15 bits per heavy atom. The molecule has 1 aliphatic carbocycles. The van der Waals surface area contributed by atoms with Gasteiger partial charge in [-0.05, 0) is 54.2 Å². The van der Waals surface area contributed by atoms with Crippen molar-refractivity contribution >= 4 is 29.7 Å². The number of phenolic OH excluding ortho intramolecular Hbond substituents is 1. The molecule has 0 unspecified atom stereocenters. The molecule has 0 saturated carbocycles. The van der Waals surface area contributed by atoms with Gasteiger partial charge in [-0.25, -0.2) is 0 Å². The fourth-order valence-corrected chi connectivity index (χ4v) is 5.43. The third-order valence-corrected chi connectivity index (χ3v) is 6.40. The molecule has 6 heteroatoms. The van der Waals surface area contributed by atoms with E-state index in [0.717, 1.165) is 37.8 Å². The molecular formula is C20H24ClNO3S. The lowest BCUT2D eigenvalue weighted by Crippen LogP contribution is -2.42. The summed E-state index contributed by atoms with van der Waals surface area (Å²) in [6.07, 6.45) is 4.26. The van der Waals surface area contributed by atoms with E-state index in [0.29, 0.717) is 6.04 Å². The first-order chi connectivity index (χ1) is 12.1. The number of rotatable bonds is 3. The van der Waals surface area contributed by atoms with Gasteiger partial charge in [0.1, 0.15) is 0 Å². The van der Waals surface area contributed by atoms with Gasteiger partial charge < -0.3 is 15.2 Å². The van der Waals surface area contributed by atoms with Gasteiger partial charge in [0, 0.05) is 35.2 Å². The van der Waals surface area contributed by atoms with Crippen LogP contribution in [-0.2, 0) is 24.2 Å². The first-order valence-corrected chi connectivity index (χ1v) is 9.77. The fraction of sp³-hybridized carbons (Fsp3) is 0.450. The van der Waals surface area contributed by atoms with Crippen LogP contribution in [0.25, 0.3) is 0 Å². The molecule has 1 aliphatic heterocycles. The number of ether oxygens (including phenoxy) is 1. The Hall–Kier alpha value is -1.56. The SMILES string of the molecule is CCCc1cc2c(s1)CN[C@@H]1CCc3cc(O)c(OC(C)=O)cc3[C@@H]21.Cl. The number of fused-ring (bicyclic) bond motifs is 5. The van der Waals surface area contributed by atoms with Crippen LogP contribution in [0, 0.1) is 0 Å². The largest absolute Gasteiger partial charge is 0.504 e. The number of nitrogens with one attached hydrogen (secondary N) is 1. The number of hydrogen-bond donors (Lipinski definition) is 2. The van der Waals surface area contributed by atoms with Crippen LogP contribution in [0.3, 0.4) is 0 Å². The third-order valence-electron chi connectivity index (χ3n) is 5.19. The Bertz CT molecular complexity index is 833. The van der Waals surface area contributed by atoms with E-state index in [1.165, 1.54) is 27.8 Å². The Labute approximate surface area is 164 Å². The highest BCUT2D eigenvalue weighted by atomic mass is 35.5. The molecule has 4 nitrogen and oxygen atoms in total. The standard InChI is InChI=1S/C20H23NO3S.ClH/c1-3-4-13-8-15-19(25-13)10-21-16-6-5-12-7-17(23)18(24-11(2)22)9-14(12)20(15)16;/h7-9,16,20-21,23H,3-6,10H2,1-2H3;1H/t16-,20+;/m1./s1. The number of hydrogen-bond acceptors (Lipinski definition) is 5. The van der Waals surface area contributed by atoms with Gasteiger partial charge in [-0.15, -0.1) is 23.7 Å². The molecule has 0 spiro atoms. The fourth-order valence-electron chi connectivity index (χ4n) is 4.16. The summed E-state index contributed by atoms with van der Waals surface area (Å²) >= 11 is 1.91. The summed E-state index contributed by atoms with van der Waals surface area (Å²) in [7, 11) is 0. The van der Waals surface area contributed by atoms with Crippen molar-refractivity contribution in [3.63, 3.8) is 0 Å². The molecule has 0 amide bonds. The maximum absolute atomic E-state index is 11.3. The zero-order valence-electron chi connectivity index (χ0n) is 15.0. The molecule has 2 aromatic rings. The second-order valence-electron chi connectivity index (χ2n) is 6.96. The normalized spacial score (nSPS) is 20.4. The van der Waals surface area contributed by atoms with Gasteiger partial charge in [0.05, 0.1) is 0 Å². The lowest BCUT2D eigenvalue weighted by Gasteiger charge is -2.38. The molecule has 0 saturated heterocycles. The van der Waals surface area contributed by atoms with E-state index >= 15 is 0 Å². The van der Waals surface area contributed by atoms with Crippen molar-refractivity contribution in [1.29, 1.82) is 0 Å². The molecule has 1 aromatic carbocycles. The lowest BCUT2D eigenvalue weighted by molar-refractivity contribution is -0.132. The summed E-state index contributed by atoms with van der Waals surface area (Å²) in [6.45, 7) is 4.51. The summed E-state index contributed by atoms with van der Waals surface area (Å²) in [5.74, 6) is 0.173. The minimum atomic E-state index is -0.411. The molecule has 0 radical (unpaired) electrons. The second-order valence-corrected chi connectivity index (χ2v) is 8.18.